The summed E-state index contributed by atoms with van der Waals surface area (Å²) < 4.78 is 0. The second-order valence-electron chi connectivity index (χ2n) is 7.85. The molecule has 34 heavy (non-hydrogen) atoms. The fourth-order valence-corrected chi connectivity index (χ4v) is 4.79. The first-order valence-corrected chi connectivity index (χ1v) is 11.6. The Bertz CT molecular complexity index is 1360. The number of nitro groups is 1. The molecule has 0 saturated heterocycles. The van der Waals surface area contributed by atoms with Crippen molar-refractivity contribution >= 4 is 56.4 Å². The molecule has 0 amide bonds. The predicted octanol–water partition coefficient (Wildman–Crippen LogP) is 7.61. The first kappa shape index (κ1) is 24.1. The zero-order valence-electron chi connectivity index (χ0n) is 18.1. The highest BCUT2D eigenvalue weighted by molar-refractivity contribution is 8.93. The van der Waals surface area contributed by atoms with Gasteiger partial charge in [-0.05, 0) is 30.2 Å². The van der Waals surface area contributed by atoms with Gasteiger partial charge in [0.1, 0.15) is 0 Å². The van der Waals surface area contributed by atoms with Gasteiger partial charge < -0.3 is 0 Å². The highest BCUT2D eigenvalue weighted by atomic mass is 79.9. The summed E-state index contributed by atoms with van der Waals surface area (Å²) in [7, 11) is 0. The van der Waals surface area contributed by atoms with E-state index in [4.69, 9.17) is 21.7 Å². The largest absolute Gasteiger partial charge is 0.270 e. The summed E-state index contributed by atoms with van der Waals surface area (Å²) in [6.07, 6.45) is 0.733. The SMILES string of the molecule is Br.Cc1ccc(C2=NN(c3nc(-c4cccc([N+](=O)[O-])c4)cs3)C(c3ccc(Cl)cc3)C2)cc1. The predicted molar refractivity (Wildman–Crippen MR) is 144 cm³/mol. The van der Waals surface area contributed by atoms with Crippen LogP contribution >= 0.6 is 39.9 Å². The third-order valence-electron chi connectivity index (χ3n) is 5.59. The minimum absolute atomic E-state index is 0. The van der Waals surface area contributed by atoms with Gasteiger partial charge in [-0.1, -0.05) is 65.7 Å². The number of hydrazone groups is 1. The van der Waals surface area contributed by atoms with Crippen LogP contribution in [0, 0.1) is 17.0 Å². The summed E-state index contributed by atoms with van der Waals surface area (Å²) in [4.78, 5) is 15.6. The Morgan fingerprint density at radius 3 is 2.50 bits per heavy atom. The summed E-state index contributed by atoms with van der Waals surface area (Å²) in [6.45, 7) is 2.06. The number of nitro benzene ring substituents is 1. The normalized spacial score (nSPS) is 15.1. The summed E-state index contributed by atoms with van der Waals surface area (Å²) in [6, 6.07) is 22.6. The van der Waals surface area contributed by atoms with Gasteiger partial charge in [0.25, 0.3) is 5.69 Å². The lowest BCUT2D eigenvalue weighted by molar-refractivity contribution is -0.384. The average Bonchev–Trinajstić information content (AvgIpc) is 3.48. The van der Waals surface area contributed by atoms with Crippen LogP contribution in [0.2, 0.25) is 5.02 Å². The smallest absolute Gasteiger partial charge is 0.258 e. The topological polar surface area (TPSA) is 71.6 Å². The maximum absolute atomic E-state index is 11.2. The molecule has 5 rings (SSSR count). The molecule has 1 atom stereocenters. The average molecular weight is 556 g/mol. The van der Waals surface area contributed by atoms with E-state index in [1.54, 1.807) is 12.1 Å². The molecule has 0 aliphatic carbocycles. The first-order chi connectivity index (χ1) is 16.0. The van der Waals surface area contributed by atoms with Crippen molar-refractivity contribution in [3.63, 3.8) is 0 Å². The molecule has 9 heteroatoms. The van der Waals surface area contributed by atoms with E-state index in [1.807, 2.05) is 40.7 Å². The van der Waals surface area contributed by atoms with Gasteiger partial charge in [0, 0.05) is 34.5 Å². The molecule has 0 spiro atoms. The van der Waals surface area contributed by atoms with Gasteiger partial charge in [0.15, 0.2) is 0 Å². The van der Waals surface area contributed by atoms with Crippen LogP contribution in [0.1, 0.15) is 29.2 Å². The summed E-state index contributed by atoms with van der Waals surface area (Å²) in [5.74, 6) is 0. The zero-order valence-corrected chi connectivity index (χ0v) is 21.4. The molecule has 6 nitrogen and oxygen atoms in total. The number of rotatable bonds is 5. The van der Waals surface area contributed by atoms with Crippen molar-refractivity contribution in [1.82, 2.24) is 4.98 Å². The van der Waals surface area contributed by atoms with Crippen molar-refractivity contribution in [3.8, 4) is 11.3 Å². The monoisotopic (exact) mass is 554 g/mol. The quantitative estimate of drug-likeness (QED) is 0.188. The third-order valence-corrected chi connectivity index (χ3v) is 6.67. The van der Waals surface area contributed by atoms with Crippen molar-refractivity contribution in [2.75, 3.05) is 5.01 Å². The second-order valence-corrected chi connectivity index (χ2v) is 9.12. The molecule has 1 unspecified atom stereocenters. The molecule has 0 radical (unpaired) electrons. The van der Waals surface area contributed by atoms with E-state index < -0.39 is 4.92 Å². The number of hydrogen-bond acceptors (Lipinski definition) is 6. The Labute approximate surface area is 216 Å². The molecule has 172 valence electrons. The van der Waals surface area contributed by atoms with E-state index in [0.717, 1.165) is 28.4 Å². The van der Waals surface area contributed by atoms with Crippen LogP contribution in [-0.2, 0) is 0 Å². The maximum atomic E-state index is 11.2. The van der Waals surface area contributed by atoms with E-state index in [-0.39, 0.29) is 28.7 Å². The van der Waals surface area contributed by atoms with Crippen LogP contribution in [-0.4, -0.2) is 15.6 Å². The maximum Gasteiger partial charge on any atom is 0.270 e. The van der Waals surface area contributed by atoms with Gasteiger partial charge in [0.05, 0.1) is 22.4 Å². The summed E-state index contributed by atoms with van der Waals surface area (Å²) in [5, 5.41) is 21.4. The van der Waals surface area contributed by atoms with Gasteiger partial charge >= 0.3 is 0 Å². The van der Waals surface area contributed by atoms with Crippen molar-refractivity contribution in [2.24, 2.45) is 5.10 Å². The fourth-order valence-electron chi connectivity index (χ4n) is 3.83. The van der Waals surface area contributed by atoms with Crippen molar-refractivity contribution in [3.05, 3.63) is 110 Å². The van der Waals surface area contributed by atoms with Crippen LogP contribution in [0.3, 0.4) is 0 Å². The minimum atomic E-state index is -0.397. The lowest BCUT2D eigenvalue weighted by Gasteiger charge is -2.21. The Kier molecular flexibility index (Phi) is 7.11. The number of non-ortho nitro benzene ring substituents is 1. The van der Waals surface area contributed by atoms with Gasteiger partial charge in [0.2, 0.25) is 5.13 Å². The molecule has 0 fully saturated rings. The molecule has 1 aliphatic rings. The summed E-state index contributed by atoms with van der Waals surface area (Å²) >= 11 is 7.59. The van der Waals surface area contributed by atoms with Crippen LogP contribution in [0.25, 0.3) is 11.3 Å². The molecule has 1 aromatic heterocycles. The van der Waals surface area contributed by atoms with Crippen LogP contribution in [0.5, 0.6) is 0 Å². The molecule has 0 saturated carbocycles. The Morgan fingerprint density at radius 2 is 1.79 bits per heavy atom. The Hall–Kier alpha value is -3.07. The van der Waals surface area contributed by atoms with Gasteiger partial charge in [-0.15, -0.1) is 28.3 Å². The minimum Gasteiger partial charge on any atom is -0.258 e. The zero-order chi connectivity index (χ0) is 22.9. The number of hydrogen-bond donors (Lipinski definition) is 0. The number of halogens is 2. The van der Waals surface area contributed by atoms with Crippen molar-refractivity contribution in [1.29, 1.82) is 0 Å². The molecule has 1 aliphatic heterocycles. The second kappa shape index (κ2) is 10.0. The Morgan fingerprint density at radius 1 is 1.06 bits per heavy atom. The van der Waals surface area contributed by atoms with E-state index in [2.05, 4.69) is 31.2 Å². The molecular formula is C25H20BrClN4O2S. The molecular weight excluding hydrogens is 536 g/mol. The molecule has 0 N–H and O–H groups in total. The van der Waals surface area contributed by atoms with E-state index >= 15 is 0 Å². The number of benzene rings is 3. The van der Waals surface area contributed by atoms with Gasteiger partial charge in [-0.2, -0.15) is 5.10 Å². The number of nitrogens with zero attached hydrogens (tertiary/aromatic N) is 4. The number of aromatic nitrogens is 1. The van der Waals surface area contributed by atoms with Gasteiger partial charge in [-0.25, -0.2) is 9.99 Å². The number of aryl methyl sites for hydroxylation is 1. The molecule has 2 heterocycles. The highest BCUT2D eigenvalue weighted by Crippen LogP contribution is 2.40. The lowest BCUT2D eigenvalue weighted by atomic mass is 9.98. The van der Waals surface area contributed by atoms with Crippen molar-refractivity contribution < 1.29 is 4.92 Å². The Balaban J connectivity index is 0.00000274. The fraction of sp³-hybridized carbons (Fsp3) is 0.120. The molecule has 0 bridgehead atoms. The van der Waals surface area contributed by atoms with E-state index in [0.29, 0.717) is 16.3 Å². The first-order valence-electron chi connectivity index (χ1n) is 10.4. The highest BCUT2D eigenvalue weighted by Gasteiger charge is 2.31. The van der Waals surface area contributed by atoms with Crippen LogP contribution in [0.4, 0.5) is 10.8 Å². The lowest BCUT2D eigenvalue weighted by Crippen LogP contribution is -2.18. The van der Waals surface area contributed by atoms with E-state index in [1.165, 1.54) is 23.0 Å². The van der Waals surface area contributed by atoms with E-state index in [9.17, 15) is 10.1 Å². The van der Waals surface area contributed by atoms with Crippen LogP contribution in [0.15, 0.2) is 83.3 Å². The third kappa shape index (κ3) is 4.89. The van der Waals surface area contributed by atoms with Crippen LogP contribution < -0.4 is 5.01 Å². The van der Waals surface area contributed by atoms with Gasteiger partial charge in [-0.3, -0.25) is 10.1 Å². The number of anilines is 1. The standard InChI is InChI=1S/C25H19ClN4O2S.BrH/c1-16-5-7-17(8-6-16)22-14-24(18-9-11-20(26)12-10-18)29(28-22)25-27-23(15-33-25)19-3-2-4-21(13-19)30(31)32;/h2-13,15,24H,14H2,1H3;1H. The summed E-state index contributed by atoms with van der Waals surface area (Å²) in [5.41, 5.74) is 5.80. The molecule has 4 aromatic rings. The van der Waals surface area contributed by atoms with Crippen molar-refractivity contribution in [2.45, 2.75) is 19.4 Å². The molecule has 3 aromatic carbocycles. The number of thiazole rings is 1.